The summed E-state index contributed by atoms with van der Waals surface area (Å²) in [5.74, 6) is -0.592. The summed E-state index contributed by atoms with van der Waals surface area (Å²) < 4.78 is 29.7. The molecule has 3 amide bonds. The van der Waals surface area contributed by atoms with Gasteiger partial charge in [-0.15, -0.1) is 4.83 Å². The standard InChI is InChI=1S/C15H18N4O8S/c20-10-6-27-14(12(22)11(10)21)18-19-28(25,26)8-3-1-7(2-4-8)5-9-13(23)17-15(24)16-9/h1-5,10-12,14,18-22H,6H2,(H2,16,17,23,24)/b9-5-/t10-,11+,12-,14-/m1/s1. The van der Waals surface area contributed by atoms with E-state index >= 15 is 0 Å². The van der Waals surface area contributed by atoms with Crippen LogP contribution < -0.4 is 20.9 Å². The fourth-order valence-corrected chi connectivity index (χ4v) is 3.40. The molecule has 3 rings (SSSR count). The molecular formula is C15H18N4O8S. The third-order valence-electron chi connectivity index (χ3n) is 4.06. The lowest BCUT2D eigenvalue weighted by atomic mass is 10.1. The number of benzene rings is 1. The first kappa shape index (κ1) is 20.3. The smallest absolute Gasteiger partial charge is 0.326 e. The van der Waals surface area contributed by atoms with Crippen molar-refractivity contribution in [3.05, 3.63) is 35.5 Å². The highest BCUT2D eigenvalue weighted by Crippen LogP contribution is 2.15. The number of ether oxygens (including phenoxy) is 1. The number of hydrogen-bond donors (Lipinski definition) is 7. The van der Waals surface area contributed by atoms with Crippen LogP contribution in [0.15, 0.2) is 34.9 Å². The van der Waals surface area contributed by atoms with Crippen LogP contribution in [0.3, 0.4) is 0 Å². The second-order valence-electron chi connectivity index (χ2n) is 6.09. The number of imide groups is 1. The van der Waals surface area contributed by atoms with Gasteiger partial charge in [0.15, 0.2) is 0 Å². The van der Waals surface area contributed by atoms with E-state index in [1.165, 1.54) is 30.3 Å². The third kappa shape index (κ3) is 4.36. The van der Waals surface area contributed by atoms with Crippen LogP contribution >= 0.6 is 0 Å². The molecule has 2 aliphatic heterocycles. The average molecular weight is 414 g/mol. The molecule has 4 atom stereocenters. The summed E-state index contributed by atoms with van der Waals surface area (Å²) in [6, 6.07) is 4.73. The summed E-state index contributed by atoms with van der Waals surface area (Å²) in [7, 11) is -4.04. The first-order valence-electron chi connectivity index (χ1n) is 8.04. The normalized spacial score (nSPS) is 29.6. The van der Waals surface area contributed by atoms with Gasteiger partial charge in [-0.05, 0) is 23.8 Å². The second-order valence-corrected chi connectivity index (χ2v) is 7.77. The van der Waals surface area contributed by atoms with Crippen LogP contribution in [-0.4, -0.2) is 66.8 Å². The van der Waals surface area contributed by atoms with Crippen molar-refractivity contribution in [3.63, 3.8) is 0 Å². The van der Waals surface area contributed by atoms with Gasteiger partial charge in [0.2, 0.25) is 0 Å². The van der Waals surface area contributed by atoms with E-state index in [9.17, 15) is 33.3 Å². The van der Waals surface area contributed by atoms with E-state index in [0.29, 0.717) is 5.56 Å². The minimum atomic E-state index is -4.04. The zero-order valence-corrected chi connectivity index (χ0v) is 15.0. The molecule has 13 heteroatoms. The quantitative estimate of drug-likeness (QED) is 0.151. The Balaban J connectivity index is 1.65. The number of carbonyl (C=O) groups excluding carboxylic acids is 2. The van der Waals surface area contributed by atoms with Crippen LogP contribution in [0.4, 0.5) is 4.79 Å². The molecule has 2 aliphatic rings. The van der Waals surface area contributed by atoms with Crippen molar-refractivity contribution in [2.75, 3.05) is 6.61 Å². The summed E-state index contributed by atoms with van der Waals surface area (Å²) in [6.45, 7) is -0.287. The number of nitrogens with one attached hydrogen (secondary N) is 4. The predicted molar refractivity (Wildman–Crippen MR) is 92.3 cm³/mol. The number of carbonyl (C=O) groups is 2. The van der Waals surface area contributed by atoms with Crippen LogP contribution in [-0.2, 0) is 19.6 Å². The van der Waals surface area contributed by atoms with Crippen LogP contribution in [0, 0.1) is 0 Å². The molecule has 0 aliphatic carbocycles. The van der Waals surface area contributed by atoms with Crippen molar-refractivity contribution in [2.45, 2.75) is 29.4 Å². The largest absolute Gasteiger partial charge is 0.388 e. The van der Waals surface area contributed by atoms with E-state index in [1.807, 2.05) is 10.1 Å². The maximum atomic E-state index is 12.3. The molecule has 0 aromatic heterocycles. The SMILES string of the molecule is O=C1NC(=O)/C(=C/c2ccc(S(=O)(=O)NN[C@@H]3OC[C@@H](O)[C@H](O)[C@H]3O)cc2)N1. The second kappa shape index (κ2) is 7.92. The van der Waals surface area contributed by atoms with E-state index in [0.717, 1.165) is 0 Å². The Bertz CT molecular complexity index is 901. The molecule has 12 nitrogen and oxygen atoms in total. The number of sulfonamides is 1. The van der Waals surface area contributed by atoms with E-state index in [-0.39, 0.29) is 17.2 Å². The average Bonchev–Trinajstić information content (AvgIpc) is 2.96. The lowest BCUT2D eigenvalue weighted by Crippen LogP contribution is -2.61. The summed E-state index contributed by atoms with van der Waals surface area (Å²) in [4.78, 5) is 24.4. The maximum absolute atomic E-state index is 12.3. The molecule has 2 fully saturated rings. The highest BCUT2D eigenvalue weighted by atomic mass is 32.2. The maximum Gasteiger partial charge on any atom is 0.326 e. The van der Waals surface area contributed by atoms with Gasteiger partial charge in [-0.2, -0.15) is 0 Å². The molecule has 7 N–H and O–H groups in total. The molecule has 152 valence electrons. The number of hydrogen-bond acceptors (Lipinski definition) is 9. The Morgan fingerprint density at radius 3 is 2.36 bits per heavy atom. The minimum absolute atomic E-state index is 0.0320. The van der Waals surface area contributed by atoms with Gasteiger partial charge in [-0.1, -0.05) is 12.1 Å². The van der Waals surface area contributed by atoms with E-state index in [1.54, 1.807) is 0 Å². The zero-order chi connectivity index (χ0) is 20.5. The van der Waals surface area contributed by atoms with E-state index in [4.69, 9.17) is 4.74 Å². The number of aliphatic hydroxyl groups is 3. The lowest BCUT2D eigenvalue weighted by Gasteiger charge is -2.35. The molecule has 0 saturated carbocycles. The van der Waals surface area contributed by atoms with Gasteiger partial charge >= 0.3 is 6.03 Å². The van der Waals surface area contributed by atoms with Gasteiger partial charge in [-0.25, -0.2) is 18.6 Å². The molecule has 0 radical (unpaired) electrons. The van der Waals surface area contributed by atoms with Gasteiger partial charge in [0.1, 0.15) is 30.2 Å². The van der Waals surface area contributed by atoms with Crippen LogP contribution in [0.25, 0.3) is 6.08 Å². The lowest BCUT2D eigenvalue weighted by molar-refractivity contribution is -0.196. The highest BCUT2D eigenvalue weighted by Gasteiger charge is 2.38. The molecule has 2 heterocycles. The number of hydrazine groups is 1. The van der Waals surface area contributed by atoms with E-state index < -0.39 is 46.5 Å². The van der Waals surface area contributed by atoms with Gasteiger partial charge in [-0.3, -0.25) is 10.1 Å². The number of aliphatic hydroxyl groups excluding tert-OH is 3. The van der Waals surface area contributed by atoms with Crippen molar-refractivity contribution < 1.29 is 38.1 Å². The molecule has 0 unspecified atom stereocenters. The zero-order valence-electron chi connectivity index (χ0n) is 14.2. The predicted octanol–water partition coefficient (Wildman–Crippen LogP) is -2.91. The fraction of sp³-hybridized carbons (Fsp3) is 0.333. The summed E-state index contributed by atoms with van der Waals surface area (Å²) in [6.07, 6.45) is -4.20. The minimum Gasteiger partial charge on any atom is -0.388 e. The molecule has 28 heavy (non-hydrogen) atoms. The molecule has 0 bridgehead atoms. The first-order chi connectivity index (χ1) is 13.2. The number of rotatable bonds is 5. The molecule has 2 saturated heterocycles. The summed E-state index contributed by atoms with van der Waals surface area (Å²) >= 11 is 0. The van der Waals surface area contributed by atoms with Crippen molar-refractivity contribution in [2.24, 2.45) is 0 Å². The summed E-state index contributed by atoms with van der Waals surface area (Å²) in [5.41, 5.74) is 2.76. The van der Waals surface area contributed by atoms with Gasteiger partial charge in [0.05, 0.1) is 11.5 Å². The molecular weight excluding hydrogens is 396 g/mol. The van der Waals surface area contributed by atoms with Crippen molar-refractivity contribution in [1.29, 1.82) is 0 Å². The van der Waals surface area contributed by atoms with Crippen molar-refractivity contribution in [1.82, 2.24) is 20.9 Å². The Hall–Kier alpha value is -2.39. The fourth-order valence-electron chi connectivity index (χ4n) is 2.52. The van der Waals surface area contributed by atoms with Crippen LogP contribution in [0.1, 0.15) is 5.56 Å². The highest BCUT2D eigenvalue weighted by molar-refractivity contribution is 7.89. The van der Waals surface area contributed by atoms with Gasteiger partial charge in [0, 0.05) is 0 Å². The first-order valence-corrected chi connectivity index (χ1v) is 9.53. The Kier molecular flexibility index (Phi) is 5.76. The number of urea groups is 1. The topological polar surface area (TPSA) is 186 Å². The Labute approximate surface area is 159 Å². The molecule has 1 aromatic carbocycles. The van der Waals surface area contributed by atoms with Crippen LogP contribution in [0.2, 0.25) is 0 Å². The monoisotopic (exact) mass is 414 g/mol. The number of amides is 3. The van der Waals surface area contributed by atoms with Gasteiger partial charge < -0.3 is 25.4 Å². The molecule has 1 aromatic rings. The van der Waals surface area contributed by atoms with Crippen molar-refractivity contribution >= 4 is 28.0 Å². The summed E-state index contributed by atoms with van der Waals surface area (Å²) in [5, 5.41) is 33.1. The van der Waals surface area contributed by atoms with E-state index in [2.05, 4.69) is 10.7 Å². The Morgan fingerprint density at radius 1 is 1.07 bits per heavy atom. The van der Waals surface area contributed by atoms with Gasteiger partial charge in [0.25, 0.3) is 15.9 Å². The van der Waals surface area contributed by atoms with Crippen LogP contribution in [0.5, 0.6) is 0 Å². The van der Waals surface area contributed by atoms with Crippen molar-refractivity contribution in [3.8, 4) is 0 Å². The third-order valence-corrected chi connectivity index (χ3v) is 5.34. The Morgan fingerprint density at radius 2 is 1.75 bits per heavy atom. The molecule has 0 spiro atoms.